The Morgan fingerprint density at radius 2 is 2.44 bits per heavy atom. The molecule has 0 radical (unpaired) electrons. The Morgan fingerprint density at radius 1 is 1.78 bits per heavy atom. The second-order valence-electron chi connectivity index (χ2n) is 2.71. The van der Waals surface area contributed by atoms with E-state index in [0.717, 1.165) is 25.8 Å². The molecule has 1 aliphatic heterocycles. The number of hydrogen-bond donors (Lipinski definition) is 2. The lowest BCUT2D eigenvalue weighted by Crippen LogP contribution is -2.50. The quantitative estimate of drug-likeness (QED) is 0.582. The van der Waals surface area contributed by atoms with E-state index < -0.39 is 0 Å². The fourth-order valence-corrected chi connectivity index (χ4v) is 1.14. The van der Waals surface area contributed by atoms with Gasteiger partial charge in [0, 0.05) is 6.04 Å². The highest BCUT2D eigenvalue weighted by atomic mass is 16.3. The Balaban J connectivity index is 2.08. The van der Waals surface area contributed by atoms with Gasteiger partial charge in [0.15, 0.2) is 0 Å². The molecule has 1 aliphatic rings. The smallest absolute Gasteiger partial charge is 0.0693 e. The average molecular weight is 129 g/mol. The van der Waals surface area contributed by atoms with E-state index in [0.29, 0.717) is 6.04 Å². The van der Waals surface area contributed by atoms with Gasteiger partial charge in [-0.15, -0.1) is 0 Å². The highest BCUT2D eigenvalue weighted by molar-refractivity contribution is 4.83. The SMILES string of the molecule is CCCC(O)C1CCN1. The second kappa shape index (κ2) is 3.18. The lowest BCUT2D eigenvalue weighted by molar-refractivity contribution is 0.0871. The summed E-state index contributed by atoms with van der Waals surface area (Å²) in [6.07, 6.45) is 3.08. The fraction of sp³-hybridized carbons (Fsp3) is 1.00. The van der Waals surface area contributed by atoms with Crippen LogP contribution in [0.15, 0.2) is 0 Å². The zero-order valence-electron chi connectivity index (χ0n) is 5.93. The summed E-state index contributed by atoms with van der Waals surface area (Å²) in [7, 11) is 0. The van der Waals surface area contributed by atoms with Gasteiger partial charge in [0.2, 0.25) is 0 Å². The van der Waals surface area contributed by atoms with Crippen LogP contribution in [0.2, 0.25) is 0 Å². The zero-order valence-corrected chi connectivity index (χ0v) is 5.93. The van der Waals surface area contributed by atoms with E-state index in [1.165, 1.54) is 0 Å². The van der Waals surface area contributed by atoms with Gasteiger partial charge in [0.1, 0.15) is 0 Å². The van der Waals surface area contributed by atoms with Crippen molar-refractivity contribution in [1.82, 2.24) is 5.32 Å². The minimum Gasteiger partial charge on any atom is -0.392 e. The lowest BCUT2D eigenvalue weighted by atomic mass is 9.98. The Hall–Kier alpha value is -0.0800. The van der Waals surface area contributed by atoms with E-state index in [-0.39, 0.29) is 6.10 Å². The number of rotatable bonds is 3. The van der Waals surface area contributed by atoms with Crippen molar-refractivity contribution >= 4 is 0 Å². The minimum absolute atomic E-state index is 0.0938. The predicted molar refractivity (Wildman–Crippen MR) is 37.3 cm³/mol. The first-order valence-corrected chi connectivity index (χ1v) is 3.76. The first kappa shape index (κ1) is 7.03. The molecule has 9 heavy (non-hydrogen) atoms. The molecule has 1 saturated heterocycles. The number of hydrogen-bond acceptors (Lipinski definition) is 2. The van der Waals surface area contributed by atoms with Gasteiger partial charge in [-0.1, -0.05) is 13.3 Å². The molecule has 0 spiro atoms. The number of nitrogens with one attached hydrogen (secondary N) is 1. The average Bonchev–Trinajstić information content (AvgIpc) is 1.60. The van der Waals surface area contributed by atoms with Crippen molar-refractivity contribution in [2.24, 2.45) is 0 Å². The van der Waals surface area contributed by atoms with Crippen LogP contribution < -0.4 is 5.32 Å². The largest absolute Gasteiger partial charge is 0.392 e. The number of aliphatic hydroxyl groups excluding tert-OH is 1. The molecule has 0 amide bonds. The van der Waals surface area contributed by atoms with Crippen molar-refractivity contribution in [3.8, 4) is 0 Å². The Bertz CT molecular complexity index is 81.0. The molecule has 1 rings (SSSR count). The number of aliphatic hydroxyl groups is 1. The third-order valence-electron chi connectivity index (χ3n) is 1.91. The van der Waals surface area contributed by atoms with E-state index in [4.69, 9.17) is 0 Å². The molecular weight excluding hydrogens is 114 g/mol. The molecule has 0 bridgehead atoms. The van der Waals surface area contributed by atoms with Crippen LogP contribution in [0.5, 0.6) is 0 Å². The summed E-state index contributed by atoms with van der Waals surface area (Å²) in [5.74, 6) is 0. The normalized spacial score (nSPS) is 29.3. The van der Waals surface area contributed by atoms with Gasteiger partial charge in [-0.2, -0.15) is 0 Å². The summed E-state index contributed by atoms with van der Waals surface area (Å²) in [5.41, 5.74) is 0. The van der Waals surface area contributed by atoms with Crippen molar-refractivity contribution in [1.29, 1.82) is 0 Å². The highest BCUT2D eigenvalue weighted by Gasteiger charge is 2.23. The molecule has 0 saturated carbocycles. The van der Waals surface area contributed by atoms with Crippen LogP contribution in [-0.4, -0.2) is 23.8 Å². The maximum absolute atomic E-state index is 9.31. The zero-order chi connectivity index (χ0) is 6.69. The van der Waals surface area contributed by atoms with Gasteiger partial charge in [-0.3, -0.25) is 0 Å². The minimum atomic E-state index is -0.0938. The van der Waals surface area contributed by atoms with Crippen LogP contribution >= 0.6 is 0 Å². The molecule has 2 atom stereocenters. The summed E-state index contributed by atoms with van der Waals surface area (Å²) < 4.78 is 0. The van der Waals surface area contributed by atoms with Crippen LogP contribution in [0.4, 0.5) is 0 Å². The molecule has 2 nitrogen and oxygen atoms in total. The summed E-state index contributed by atoms with van der Waals surface area (Å²) in [4.78, 5) is 0. The van der Waals surface area contributed by atoms with Gasteiger partial charge < -0.3 is 10.4 Å². The van der Waals surface area contributed by atoms with Crippen LogP contribution in [0.3, 0.4) is 0 Å². The topological polar surface area (TPSA) is 32.3 Å². The van der Waals surface area contributed by atoms with E-state index in [1.54, 1.807) is 0 Å². The van der Waals surface area contributed by atoms with Crippen molar-refractivity contribution in [3.05, 3.63) is 0 Å². The van der Waals surface area contributed by atoms with Gasteiger partial charge in [0.05, 0.1) is 6.10 Å². The van der Waals surface area contributed by atoms with Crippen molar-refractivity contribution in [3.63, 3.8) is 0 Å². The summed E-state index contributed by atoms with van der Waals surface area (Å²) in [6.45, 7) is 3.19. The molecule has 2 N–H and O–H groups in total. The third-order valence-corrected chi connectivity index (χ3v) is 1.91. The Kier molecular flexibility index (Phi) is 2.49. The highest BCUT2D eigenvalue weighted by Crippen LogP contribution is 2.10. The van der Waals surface area contributed by atoms with Gasteiger partial charge in [0.25, 0.3) is 0 Å². The predicted octanol–water partition coefficient (Wildman–Crippen LogP) is 0.509. The molecular formula is C7H15NO. The van der Waals surface area contributed by atoms with Gasteiger partial charge >= 0.3 is 0 Å². The van der Waals surface area contributed by atoms with Crippen molar-refractivity contribution < 1.29 is 5.11 Å². The standard InChI is InChI=1S/C7H15NO/c1-2-3-7(9)6-4-5-8-6/h6-9H,2-5H2,1H3. The maximum atomic E-state index is 9.31. The molecule has 0 aromatic carbocycles. The van der Waals surface area contributed by atoms with Crippen LogP contribution in [0.25, 0.3) is 0 Å². The second-order valence-corrected chi connectivity index (χ2v) is 2.71. The molecule has 0 aromatic heterocycles. The van der Waals surface area contributed by atoms with Crippen LogP contribution in [0, 0.1) is 0 Å². The molecule has 54 valence electrons. The summed E-state index contributed by atoms with van der Waals surface area (Å²) in [6, 6.07) is 0.407. The van der Waals surface area contributed by atoms with E-state index >= 15 is 0 Å². The molecule has 1 fully saturated rings. The van der Waals surface area contributed by atoms with E-state index in [9.17, 15) is 5.11 Å². The lowest BCUT2D eigenvalue weighted by Gasteiger charge is -2.31. The van der Waals surface area contributed by atoms with Gasteiger partial charge in [-0.25, -0.2) is 0 Å². The van der Waals surface area contributed by atoms with Crippen LogP contribution in [-0.2, 0) is 0 Å². The van der Waals surface area contributed by atoms with Crippen molar-refractivity contribution in [2.45, 2.75) is 38.3 Å². The third kappa shape index (κ3) is 1.66. The first-order valence-electron chi connectivity index (χ1n) is 3.76. The maximum Gasteiger partial charge on any atom is 0.0693 e. The molecule has 0 aliphatic carbocycles. The van der Waals surface area contributed by atoms with E-state index in [1.807, 2.05) is 0 Å². The van der Waals surface area contributed by atoms with Crippen molar-refractivity contribution in [2.75, 3.05) is 6.54 Å². The van der Waals surface area contributed by atoms with E-state index in [2.05, 4.69) is 12.2 Å². The molecule has 0 aromatic rings. The monoisotopic (exact) mass is 129 g/mol. The molecule has 2 unspecified atom stereocenters. The van der Waals surface area contributed by atoms with Crippen LogP contribution in [0.1, 0.15) is 26.2 Å². The molecule has 2 heteroatoms. The summed E-state index contributed by atoms with van der Waals surface area (Å²) >= 11 is 0. The Morgan fingerprint density at radius 3 is 2.78 bits per heavy atom. The molecule has 1 heterocycles. The fourth-order valence-electron chi connectivity index (χ4n) is 1.14. The Labute approximate surface area is 56.3 Å². The van der Waals surface area contributed by atoms with Gasteiger partial charge in [-0.05, 0) is 19.4 Å². The first-order chi connectivity index (χ1) is 4.34. The summed E-state index contributed by atoms with van der Waals surface area (Å²) in [5, 5.41) is 12.5.